The molecule has 1 saturated heterocycles. The highest BCUT2D eigenvalue weighted by molar-refractivity contribution is 7.91. The van der Waals surface area contributed by atoms with Crippen LogP contribution in [0.3, 0.4) is 0 Å². The fourth-order valence-electron chi connectivity index (χ4n) is 3.61. The lowest BCUT2D eigenvalue weighted by atomic mass is 9.85. The monoisotopic (exact) mass is 470 g/mol. The molecule has 3 rings (SSSR count). The lowest BCUT2D eigenvalue weighted by molar-refractivity contribution is -0.126. The van der Waals surface area contributed by atoms with E-state index in [-0.39, 0.29) is 22.0 Å². The Bertz CT molecular complexity index is 952. The van der Waals surface area contributed by atoms with Gasteiger partial charge in [0.2, 0.25) is 5.91 Å². The van der Waals surface area contributed by atoms with Crippen LogP contribution in [0.15, 0.2) is 40.6 Å². The standard InChI is InChI=1S/C21H27ClN2O4S2/c1-3-28-18-6-4-16(5-7-18)14-23-21(25)15(2)17-10-12-24(13-11-17)30(26,27)20-9-8-19(22)29-20/h4-9,15,17H,3,10-14H2,1-2H3,(H,23,25)/t15-/m0/s1. The fraction of sp³-hybridized carbons (Fsp3) is 0.476. The lowest BCUT2D eigenvalue weighted by Crippen LogP contribution is -2.42. The number of rotatable bonds is 8. The van der Waals surface area contributed by atoms with E-state index in [2.05, 4.69) is 5.32 Å². The molecule has 1 aromatic heterocycles. The van der Waals surface area contributed by atoms with Crippen molar-refractivity contribution in [3.8, 4) is 5.75 Å². The quantitative estimate of drug-likeness (QED) is 0.628. The Morgan fingerprint density at radius 2 is 1.90 bits per heavy atom. The molecule has 1 N–H and O–H groups in total. The predicted molar refractivity (Wildman–Crippen MR) is 119 cm³/mol. The van der Waals surface area contributed by atoms with E-state index in [1.54, 1.807) is 12.1 Å². The van der Waals surface area contributed by atoms with Crippen LogP contribution in [0.1, 0.15) is 32.3 Å². The normalized spacial score (nSPS) is 16.9. The molecule has 164 valence electrons. The Hall–Kier alpha value is -1.61. The summed E-state index contributed by atoms with van der Waals surface area (Å²) in [5.41, 5.74) is 1.01. The zero-order valence-electron chi connectivity index (χ0n) is 17.1. The molecular weight excluding hydrogens is 444 g/mol. The number of amides is 1. The van der Waals surface area contributed by atoms with Crippen LogP contribution in [-0.4, -0.2) is 38.3 Å². The summed E-state index contributed by atoms with van der Waals surface area (Å²) in [5.74, 6) is 0.792. The van der Waals surface area contributed by atoms with Crippen molar-refractivity contribution in [1.82, 2.24) is 9.62 Å². The number of carbonyl (C=O) groups is 1. The number of thiophene rings is 1. The topological polar surface area (TPSA) is 75.7 Å². The molecule has 30 heavy (non-hydrogen) atoms. The minimum absolute atomic E-state index is 0.00442. The van der Waals surface area contributed by atoms with E-state index in [0.717, 1.165) is 22.6 Å². The minimum atomic E-state index is -3.51. The van der Waals surface area contributed by atoms with Crippen LogP contribution in [-0.2, 0) is 21.4 Å². The molecule has 1 aliphatic rings. The van der Waals surface area contributed by atoms with Gasteiger partial charge in [-0.15, -0.1) is 11.3 Å². The maximum atomic E-state index is 12.7. The molecule has 0 bridgehead atoms. The van der Waals surface area contributed by atoms with Gasteiger partial charge in [0.1, 0.15) is 9.96 Å². The van der Waals surface area contributed by atoms with Crippen molar-refractivity contribution >= 4 is 38.9 Å². The molecule has 1 aliphatic heterocycles. The summed E-state index contributed by atoms with van der Waals surface area (Å²) in [6.45, 7) is 5.77. The minimum Gasteiger partial charge on any atom is -0.494 e. The number of halogens is 1. The summed E-state index contributed by atoms with van der Waals surface area (Å²) in [6, 6.07) is 10.8. The van der Waals surface area contributed by atoms with Gasteiger partial charge in [-0.1, -0.05) is 30.7 Å². The van der Waals surface area contributed by atoms with Crippen LogP contribution < -0.4 is 10.1 Å². The molecule has 0 spiro atoms. The second-order valence-electron chi connectivity index (χ2n) is 7.38. The predicted octanol–water partition coefficient (Wildman–Crippen LogP) is 4.15. The van der Waals surface area contributed by atoms with Gasteiger partial charge in [0, 0.05) is 25.6 Å². The van der Waals surface area contributed by atoms with Gasteiger partial charge in [-0.2, -0.15) is 4.31 Å². The largest absolute Gasteiger partial charge is 0.494 e. The Balaban J connectivity index is 1.49. The lowest BCUT2D eigenvalue weighted by Gasteiger charge is -2.33. The van der Waals surface area contributed by atoms with Gasteiger partial charge in [0.15, 0.2) is 0 Å². The highest BCUT2D eigenvalue weighted by Crippen LogP contribution is 2.32. The third-order valence-electron chi connectivity index (χ3n) is 5.46. The number of sulfonamides is 1. The number of piperidine rings is 1. The van der Waals surface area contributed by atoms with Crippen molar-refractivity contribution < 1.29 is 17.9 Å². The summed E-state index contributed by atoms with van der Waals surface area (Å²) in [5, 5.41) is 2.99. The molecule has 1 amide bonds. The van der Waals surface area contributed by atoms with E-state index in [9.17, 15) is 13.2 Å². The highest BCUT2D eigenvalue weighted by Gasteiger charge is 2.34. The van der Waals surface area contributed by atoms with Crippen LogP contribution in [0.5, 0.6) is 5.75 Å². The molecule has 6 nitrogen and oxygen atoms in total. The number of hydrogen-bond donors (Lipinski definition) is 1. The summed E-state index contributed by atoms with van der Waals surface area (Å²) in [4.78, 5) is 12.6. The maximum absolute atomic E-state index is 12.7. The van der Waals surface area contributed by atoms with Gasteiger partial charge in [0.25, 0.3) is 10.0 Å². The molecule has 9 heteroatoms. The summed E-state index contributed by atoms with van der Waals surface area (Å²) >= 11 is 6.96. The average molecular weight is 471 g/mol. The first-order valence-electron chi connectivity index (χ1n) is 10.1. The number of nitrogens with zero attached hydrogens (tertiary/aromatic N) is 1. The van der Waals surface area contributed by atoms with E-state index in [4.69, 9.17) is 16.3 Å². The Labute approximate surface area is 187 Å². The average Bonchev–Trinajstić information content (AvgIpc) is 3.20. The number of ether oxygens (including phenoxy) is 1. The number of benzene rings is 1. The second-order valence-corrected chi connectivity index (χ2v) is 11.3. The molecule has 0 unspecified atom stereocenters. The summed E-state index contributed by atoms with van der Waals surface area (Å²) < 4.78 is 33.1. The highest BCUT2D eigenvalue weighted by atomic mass is 35.5. The smallest absolute Gasteiger partial charge is 0.252 e. The van der Waals surface area contributed by atoms with Gasteiger partial charge in [0.05, 0.1) is 10.9 Å². The molecule has 1 aromatic carbocycles. The van der Waals surface area contributed by atoms with Gasteiger partial charge >= 0.3 is 0 Å². The fourth-order valence-corrected chi connectivity index (χ4v) is 6.72. The third-order valence-corrected chi connectivity index (χ3v) is 9.06. The van der Waals surface area contributed by atoms with Crippen LogP contribution in [0.2, 0.25) is 4.34 Å². The molecule has 2 aromatic rings. The van der Waals surface area contributed by atoms with Gasteiger partial charge < -0.3 is 10.1 Å². The molecule has 1 atom stereocenters. The Morgan fingerprint density at radius 1 is 1.23 bits per heavy atom. The first kappa shape index (κ1) is 23.1. The van der Waals surface area contributed by atoms with Crippen LogP contribution in [0.25, 0.3) is 0 Å². The molecule has 0 radical (unpaired) electrons. The SMILES string of the molecule is CCOc1ccc(CNC(=O)[C@@H](C)C2CCN(S(=O)(=O)c3ccc(Cl)s3)CC2)cc1. The maximum Gasteiger partial charge on any atom is 0.252 e. The first-order valence-corrected chi connectivity index (χ1v) is 12.7. The molecule has 0 saturated carbocycles. The zero-order chi connectivity index (χ0) is 21.7. The van der Waals surface area contributed by atoms with E-state index >= 15 is 0 Å². The third kappa shape index (κ3) is 5.55. The van der Waals surface area contributed by atoms with Crippen molar-refractivity contribution in [2.24, 2.45) is 11.8 Å². The molecule has 1 fully saturated rings. The number of hydrogen-bond acceptors (Lipinski definition) is 5. The van der Waals surface area contributed by atoms with Crippen molar-refractivity contribution in [3.05, 3.63) is 46.3 Å². The van der Waals surface area contributed by atoms with Crippen molar-refractivity contribution in [2.45, 2.75) is 37.4 Å². The molecule has 0 aliphatic carbocycles. The first-order chi connectivity index (χ1) is 14.3. The van der Waals surface area contributed by atoms with Gasteiger partial charge in [-0.25, -0.2) is 8.42 Å². The summed E-state index contributed by atoms with van der Waals surface area (Å²) in [6.07, 6.45) is 1.33. The van der Waals surface area contributed by atoms with E-state index in [1.807, 2.05) is 38.1 Å². The zero-order valence-corrected chi connectivity index (χ0v) is 19.5. The van der Waals surface area contributed by atoms with Crippen molar-refractivity contribution in [1.29, 1.82) is 0 Å². The van der Waals surface area contributed by atoms with Crippen molar-refractivity contribution in [2.75, 3.05) is 19.7 Å². The van der Waals surface area contributed by atoms with Crippen LogP contribution >= 0.6 is 22.9 Å². The van der Waals surface area contributed by atoms with Gasteiger partial charge in [-0.05, 0) is 55.5 Å². The molecular formula is C21H27ClN2O4S2. The Morgan fingerprint density at radius 3 is 2.47 bits per heavy atom. The molecule has 2 heterocycles. The van der Waals surface area contributed by atoms with Crippen LogP contribution in [0.4, 0.5) is 0 Å². The second kappa shape index (κ2) is 10.1. The van der Waals surface area contributed by atoms with Crippen LogP contribution in [0, 0.1) is 11.8 Å². The Kier molecular flexibility index (Phi) is 7.79. The van der Waals surface area contributed by atoms with E-state index in [0.29, 0.717) is 43.4 Å². The van der Waals surface area contributed by atoms with Gasteiger partial charge in [-0.3, -0.25) is 4.79 Å². The number of carbonyl (C=O) groups excluding carboxylic acids is 1. The van der Waals surface area contributed by atoms with Crippen molar-refractivity contribution in [3.63, 3.8) is 0 Å². The number of nitrogens with one attached hydrogen (secondary N) is 1. The van der Waals surface area contributed by atoms with E-state index < -0.39 is 10.0 Å². The summed E-state index contributed by atoms with van der Waals surface area (Å²) in [7, 11) is -3.51. The van der Waals surface area contributed by atoms with E-state index in [1.165, 1.54) is 4.31 Å².